The lowest BCUT2D eigenvalue weighted by molar-refractivity contribution is 0.152. The van der Waals surface area contributed by atoms with E-state index in [0.29, 0.717) is 13.3 Å². The summed E-state index contributed by atoms with van der Waals surface area (Å²) in [6, 6.07) is 6.01. The summed E-state index contributed by atoms with van der Waals surface area (Å²) < 4.78 is 10.8. The number of hydrogen-bond donors (Lipinski definition) is 2. The van der Waals surface area contributed by atoms with E-state index >= 15 is 0 Å². The van der Waals surface area contributed by atoms with Gasteiger partial charge < -0.3 is 29.9 Å². The number of unbranched alkanes of at least 4 members (excludes halogenated alkanes) is 1. The van der Waals surface area contributed by atoms with Crippen molar-refractivity contribution >= 4 is 29.9 Å². The number of hydrogen-bond acceptors (Lipinski definition) is 5. The van der Waals surface area contributed by atoms with Gasteiger partial charge >= 0.3 is 0 Å². The molecule has 2 aliphatic heterocycles. The summed E-state index contributed by atoms with van der Waals surface area (Å²) in [7, 11) is 4.00. The molecule has 0 aromatic heterocycles. The van der Waals surface area contributed by atoms with Gasteiger partial charge in [-0.2, -0.15) is 0 Å². The third kappa shape index (κ3) is 7.00. The molecule has 0 atom stereocenters. The van der Waals surface area contributed by atoms with Crippen LogP contribution in [0, 0.1) is 0 Å². The molecule has 1 fully saturated rings. The second-order valence-corrected chi connectivity index (χ2v) is 6.89. The Morgan fingerprint density at radius 3 is 2.63 bits per heavy atom. The van der Waals surface area contributed by atoms with Crippen LogP contribution in [0.1, 0.15) is 18.4 Å². The van der Waals surface area contributed by atoms with Crippen molar-refractivity contribution in [2.75, 3.05) is 60.2 Å². The largest absolute Gasteiger partial charge is 0.454 e. The molecule has 7 nitrogen and oxygen atoms in total. The fourth-order valence-corrected chi connectivity index (χ4v) is 3.20. The number of guanidine groups is 1. The standard InChI is InChI=1S/C19H31N5O2.HI/c1-20-19(21-7-3-4-8-24-11-9-23(2)10-12-24)22-14-16-5-6-17-18(13-16)26-15-25-17;/h5-6,13H,3-4,7-12,14-15H2,1-2H3,(H2,20,21,22);1H. The van der Waals surface area contributed by atoms with E-state index in [-0.39, 0.29) is 24.0 Å². The highest BCUT2D eigenvalue weighted by Crippen LogP contribution is 2.32. The van der Waals surface area contributed by atoms with Gasteiger partial charge in [0.2, 0.25) is 6.79 Å². The van der Waals surface area contributed by atoms with E-state index in [9.17, 15) is 0 Å². The molecule has 0 spiro atoms. The summed E-state index contributed by atoms with van der Waals surface area (Å²) in [6.45, 7) is 7.92. The van der Waals surface area contributed by atoms with Gasteiger partial charge in [0.25, 0.3) is 0 Å². The van der Waals surface area contributed by atoms with Crippen LogP contribution in [-0.2, 0) is 6.54 Å². The van der Waals surface area contributed by atoms with Gasteiger partial charge in [0.05, 0.1) is 0 Å². The Morgan fingerprint density at radius 1 is 1.07 bits per heavy atom. The SMILES string of the molecule is CN=C(NCCCCN1CCN(C)CC1)NCc1ccc2c(c1)OCO2.I. The normalized spacial score (nSPS) is 17.5. The second-order valence-electron chi connectivity index (χ2n) is 6.89. The molecule has 1 aromatic carbocycles. The molecule has 3 rings (SSSR count). The Kier molecular flexibility index (Phi) is 9.43. The topological polar surface area (TPSA) is 61.4 Å². The summed E-state index contributed by atoms with van der Waals surface area (Å²) in [5, 5.41) is 6.74. The lowest BCUT2D eigenvalue weighted by Gasteiger charge is -2.32. The zero-order valence-corrected chi connectivity index (χ0v) is 18.7. The van der Waals surface area contributed by atoms with Crippen molar-refractivity contribution in [1.82, 2.24) is 20.4 Å². The van der Waals surface area contributed by atoms with Gasteiger partial charge in [-0.3, -0.25) is 4.99 Å². The van der Waals surface area contributed by atoms with Gasteiger partial charge in [-0.1, -0.05) is 6.07 Å². The van der Waals surface area contributed by atoms with Crippen molar-refractivity contribution in [3.63, 3.8) is 0 Å². The zero-order valence-electron chi connectivity index (χ0n) is 16.4. The number of halogens is 1. The number of piperazine rings is 1. The molecule has 2 aliphatic rings. The van der Waals surface area contributed by atoms with Crippen LogP contribution in [0.4, 0.5) is 0 Å². The summed E-state index contributed by atoms with van der Waals surface area (Å²) >= 11 is 0. The number of likely N-dealkylation sites (N-methyl/N-ethyl adjacent to an activating group) is 1. The van der Waals surface area contributed by atoms with E-state index in [4.69, 9.17) is 9.47 Å². The van der Waals surface area contributed by atoms with Gasteiger partial charge in [0.15, 0.2) is 17.5 Å². The Labute approximate surface area is 179 Å². The van der Waals surface area contributed by atoms with Gasteiger partial charge in [-0.05, 0) is 44.1 Å². The molecule has 0 bridgehead atoms. The van der Waals surface area contributed by atoms with Crippen molar-refractivity contribution in [1.29, 1.82) is 0 Å². The van der Waals surface area contributed by atoms with Crippen molar-refractivity contribution in [3.8, 4) is 11.5 Å². The van der Waals surface area contributed by atoms with Crippen LogP contribution >= 0.6 is 24.0 Å². The molecule has 0 amide bonds. The maximum Gasteiger partial charge on any atom is 0.231 e. The minimum atomic E-state index is 0. The van der Waals surface area contributed by atoms with Crippen molar-refractivity contribution in [2.24, 2.45) is 4.99 Å². The molecule has 0 saturated carbocycles. The van der Waals surface area contributed by atoms with Gasteiger partial charge in [0, 0.05) is 46.3 Å². The van der Waals surface area contributed by atoms with Crippen molar-refractivity contribution in [3.05, 3.63) is 23.8 Å². The highest BCUT2D eigenvalue weighted by molar-refractivity contribution is 14.0. The average molecular weight is 489 g/mol. The molecular weight excluding hydrogens is 457 g/mol. The molecule has 0 unspecified atom stereocenters. The molecule has 0 aliphatic carbocycles. The molecular formula is C19H32IN5O2. The fraction of sp³-hybridized carbons (Fsp3) is 0.632. The Hall–Kier alpha value is -1.26. The van der Waals surface area contributed by atoms with E-state index in [0.717, 1.165) is 36.0 Å². The van der Waals surface area contributed by atoms with Crippen LogP contribution in [0.2, 0.25) is 0 Å². The Bertz CT molecular complexity index is 606. The first-order valence-electron chi connectivity index (χ1n) is 9.48. The highest BCUT2D eigenvalue weighted by atomic mass is 127. The predicted octanol–water partition coefficient (Wildman–Crippen LogP) is 1.73. The van der Waals surface area contributed by atoms with Crippen LogP contribution in [0.3, 0.4) is 0 Å². The molecule has 152 valence electrons. The minimum Gasteiger partial charge on any atom is -0.454 e. The van der Waals surface area contributed by atoms with Crippen molar-refractivity contribution in [2.45, 2.75) is 19.4 Å². The van der Waals surface area contributed by atoms with Gasteiger partial charge in [0.1, 0.15) is 0 Å². The van der Waals surface area contributed by atoms with Crippen LogP contribution < -0.4 is 20.1 Å². The average Bonchev–Trinajstić information content (AvgIpc) is 3.13. The summed E-state index contributed by atoms with van der Waals surface area (Å²) in [4.78, 5) is 9.25. The summed E-state index contributed by atoms with van der Waals surface area (Å²) in [6.07, 6.45) is 2.37. The van der Waals surface area contributed by atoms with Crippen molar-refractivity contribution < 1.29 is 9.47 Å². The van der Waals surface area contributed by atoms with E-state index in [1.807, 2.05) is 18.2 Å². The summed E-state index contributed by atoms with van der Waals surface area (Å²) in [5.41, 5.74) is 1.15. The number of fused-ring (bicyclic) bond motifs is 1. The van der Waals surface area contributed by atoms with E-state index in [1.54, 1.807) is 7.05 Å². The van der Waals surface area contributed by atoms with Crippen LogP contribution in [0.25, 0.3) is 0 Å². The number of rotatable bonds is 7. The molecule has 1 saturated heterocycles. The third-order valence-electron chi connectivity index (χ3n) is 4.91. The van der Waals surface area contributed by atoms with Crippen LogP contribution in [-0.4, -0.2) is 75.9 Å². The monoisotopic (exact) mass is 489 g/mol. The van der Waals surface area contributed by atoms with E-state index in [1.165, 1.54) is 39.1 Å². The third-order valence-corrected chi connectivity index (χ3v) is 4.91. The molecule has 27 heavy (non-hydrogen) atoms. The molecule has 0 radical (unpaired) electrons. The number of aliphatic imine (C=N–C) groups is 1. The number of nitrogens with one attached hydrogen (secondary N) is 2. The zero-order chi connectivity index (χ0) is 18.2. The van der Waals surface area contributed by atoms with Crippen LogP contribution in [0.5, 0.6) is 11.5 Å². The maximum atomic E-state index is 5.42. The Morgan fingerprint density at radius 2 is 1.85 bits per heavy atom. The first-order chi connectivity index (χ1) is 12.7. The molecule has 1 aromatic rings. The lowest BCUT2D eigenvalue weighted by atomic mass is 10.2. The van der Waals surface area contributed by atoms with Gasteiger partial charge in [-0.25, -0.2) is 0 Å². The minimum absolute atomic E-state index is 0. The first-order valence-corrected chi connectivity index (χ1v) is 9.48. The highest BCUT2D eigenvalue weighted by Gasteiger charge is 2.14. The first kappa shape index (κ1) is 22.0. The molecule has 2 N–H and O–H groups in total. The quantitative estimate of drug-likeness (QED) is 0.263. The number of benzene rings is 1. The van der Waals surface area contributed by atoms with E-state index in [2.05, 4.69) is 32.5 Å². The number of nitrogens with zero attached hydrogens (tertiary/aromatic N) is 3. The smallest absolute Gasteiger partial charge is 0.231 e. The van der Waals surface area contributed by atoms with Gasteiger partial charge in [-0.15, -0.1) is 24.0 Å². The predicted molar refractivity (Wildman–Crippen MR) is 119 cm³/mol. The fourth-order valence-electron chi connectivity index (χ4n) is 3.20. The second kappa shape index (κ2) is 11.6. The molecule has 8 heteroatoms. The maximum absolute atomic E-state index is 5.42. The van der Waals surface area contributed by atoms with E-state index < -0.39 is 0 Å². The molecule has 2 heterocycles. The number of ether oxygens (including phenoxy) is 2. The lowest BCUT2D eigenvalue weighted by Crippen LogP contribution is -2.44. The summed E-state index contributed by atoms with van der Waals surface area (Å²) in [5.74, 6) is 2.47. The Balaban J connectivity index is 0.00000261. The van der Waals surface area contributed by atoms with Crippen LogP contribution in [0.15, 0.2) is 23.2 Å².